The summed E-state index contributed by atoms with van der Waals surface area (Å²) in [5.41, 5.74) is -2.84. The van der Waals surface area contributed by atoms with Crippen LogP contribution in [0.4, 0.5) is 8.78 Å². The Morgan fingerprint density at radius 1 is 1.35 bits per heavy atom. The Kier molecular flexibility index (Phi) is 3.88. The molecule has 1 aromatic rings. The van der Waals surface area contributed by atoms with Gasteiger partial charge in [-0.1, -0.05) is 35.0 Å². The Labute approximate surface area is 105 Å². The lowest BCUT2D eigenvalue weighted by Crippen LogP contribution is -2.50. The van der Waals surface area contributed by atoms with Crippen LogP contribution in [0, 0.1) is 0 Å². The van der Waals surface area contributed by atoms with E-state index in [1.54, 1.807) is 0 Å². The number of aliphatic carboxylic acids is 1. The highest BCUT2D eigenvalue weighted by Gasteiger charge is 2.58. The Balaban J connectivity index is 3.30. The largest absolute Gasteiger partial charge is 0.477 e. The molecule has 0 amide bonds. The van der Waals surface area contributed by atoms with Gasteiger partial charge in [0.05, 0.1) is 0 Å². The van der Waals surface area contributed by atoms with Gasteiger partial charge in [-0.25, -0.2) is 4.79 Å². The molecule has 94 valence electrons. The molecular weight excluding hydrogens is 298 g/mol. The Morgan fingerprint density at radius 3 is 2.18 bits per heavy atom. The van der Waals surface area contributed by atoms with Crippen molar-refractivity contribution >= 4 is 21.9 Å². The predicted octanol–water partition coefficient (Wildman–Crippen LogP) is 2.77. The molecule has 0 saturated carbocycles. The second-order valence-electron chi connectivity index (χ2n) is 3.60. The number of carboxylic acids is 1. The van der Waals surface area contributed by atoms with Gasteiger partial charge in [-0.3, -0.25) is 0 Å². The monoisotopic (exact) mass is 308 g/mol. The first-order valence-corrected chi connectivity index (χ1v) is 5.64. The molecule has 17 heavy (non-hydrogen) atoms. The van der Waals surface area contributed by atoms with Crippen molar-refractivity contribution in [3.05, 3.63) is 34.3 Å². The lowest BCUT2D eigenvalue weighted by atomic mass is 9.85. The van der Waals surface area contributed by atoms with Crippen molar-refractivity contribution in [3.63, 3.8) is 0 Å². The topological polar surface area (TPSA) is 57.5 Å². The molecule has 0 fully saturated rings. The predicted molar refractivity (Wildman–Crippen MR) is 60.9 cm³/mol. The number of aliphatic hydroxyl groups is 1. The third-order valence-corrected chi connectivity index (χ3v) is 3.15. The Bertz CT molecular complexity index is 419. The van der Waals surface area contributed by atoms with Gasteiger partial charge < -0.3 is 10.2 Å². The Hall–Kier alpha value is -1.01. The highest BCUT2D eigenvalue weighted by atomic mass is 79.9. The second-order valence-corrected chi connectivity index (χ2v) is 4.52. The third kappa shape index (κ3) is 2.32. The first-order valence-electron chi connectivity index (χ1n) is 4.85. The van der Waals surface area contributed by atoms with Crippen LogP contribution in [0.1, 0.15) is 18.9 Å². The molecule has 0 heterocycles. The van der Waals surface area contributed by atoms with Crippen LogP contribution in [0.3, 0.4) is 0 Å². The number of rotatable bonds is 4. The zero-order valence-corrected chi connectivity index (χ0v) is 10.5. The number of hydrogen-bond donors (Lipinski definition) is 2. The van der Waals surface area contributed by atoms with Crippen LogP contribution < -0.4 is 0 Å². The van der Waals surface area contributed by atoms with Crippen molar-refractivity contribution in [1.82, 2.24) is 0 Å². The molecule has 1 atom stereocenters. The molecule has 1 rings (SSSR count). The van der Waals surface area contributed by atoms with Crippen molar-refractivity contribution in [2.75, 3.05) is 0 Å². The SMILES string of the molecule is CCC(O)(c1ccc(Br)cc1)C(F)(F)C(=O)O. The molecule has 0 saturated heterocycles. The van der Waals surface area contributed by atoms with Crippen LogP contribution in [0.15, 0.2) is 28.7 Å². The molecule has 0 aliphatic rings. The summed E-state index contributed by atoms with van der Waals surface area (Å²) in [6.07, 6.45) is -0.409. The molecule has 3 nitrogen and oxygen atoms in total. The fourth-order valence-electron chi connectivity index (χ4n) is 1.51. The van der Waals surface area contributed by atoms with Crippen LogP contribution in [0.5, 0.6) is 0 Å². The van der Waals surface area contributed by atoms with Gasteiger partial charge in [-0.05, 0) is 24.1 Å². The van der Waals surface area contributed by atoms with Crippen LogP contribution in [-0.2, 0) is 10.4 Å². The van der Waals surface area contributed by atoms with E-state index in [0.29, 0.717) is 4.47 Å². The van der Waals surface area contributed by atoms with Gasteiger partial charge in [0.1, 0.15) is 0 Å². The van der Waals surface area contributed by atoms with Crippen molar-refractivity contribution in [3.8, 4) is 0 Å². The van der Waals surface area contributed by atoms with Crippen LogP contribution >= 0.6 is 15.9 Å². The van der Waals surface area contributed by atoms with Crippen LogP contribution in [-0.4, -0.2) is 22.1 Å². The summed E-state index contributed by atoms with van der Waals surface area (Å²) >= 11 is 3.13. The Morgan fingerprint density at radius 2 is 1.82 bits per heavy atom. The van der Waals surface area contributed by atoms with Gasteiger partial charge in [-0.2, -0.15) is 8.78 Å². The van der Waals surface area contributed by atoms with Crippen molar-refractivity contribution in [2.45, 2.75) is 24.9 Å². The summed E-state index contributed by atoms with van der Waals surface area (Å²) in [5.74, 6) is -6.58. The van der Waals surface area contributed by atoms with Crippen LogP contribution in [0.2, 0.25) is 0 Å². The molecule has 1 aromatic carbocycles. The van der Waals surface area contributed by atoms with E-state index in [2.05, 4.69) is 15.9 Å². The van der Waals surface area contributed by atoms with E-state index < -0.39 is 23.9 Å². The van der Waals surface area contributed by atoms with E-state index >= 15 is 0 Å². The van der Waals surface area contributed by atoms with Crippen molar-refractivity contribution < 1.29 is 23.8 Å². The fourth-order valence-corrected chi connectivity index (χ4v) is 1.77. The highest BCUT2D eigenvalue weighted by molar-refractivity contribution is 9.10. The van der Waals surface area contributed by atoms with E-state index in [0.717, 1.165) is 0 Å². The number of halogens is 3. The number of hydrogen-bond acceptors (Lipinski definition) is 2. The molecule has 0 aliphatic heterocycles. The first-order chi connectivity index (χ1) is 7.75. The maximum Gasteiger partial charge on any atom is 0.378 e. The maximum atomic E-state index is 13.5. The highest BCUT2D eigenvalue weighted by Crippen LogP contribution is 2.40. The zero-order chi connectivity index (χ0) is 13.3. The number of carboxylic acid groups (broad SMARTS) is 1. The fraction of sp³-hybridized carbons (Fsp3) is 0.364. The number of carbonyl (C=O) groups is 1. The minimum absolute atomic E-state index is 0.129. The van der Waals surface area contributed by atoms with Gasteiger partial charge in [-0.15, -0.1) is 0 Å². The van der Waals surface area contributed by atoms with E-state index in [-0.39, 0.29) is 5.56 Å². The summed E-state index contributed by atoms with van der Waals surface area (Å²) in [6.45, 7) is 1.30. The standard InChI is InChI=1S/C11H11BrF2O3/c1-2-10(17,11(13,14)9(15)16)7-3-5-8(12)6-4-7/h3-6,17H,2H2,1H3,(H,15,16). The first kappa shape index (κ1) is 14.1. The molecule has 2 N–H and O–H groups in total. The summed E-state index contributed by atoms with van der Waals surface area (Å²) < 4.78 is 27.7. The molecular formula is C11H11BrF2O3. The molecule has 1 unspecified atom stereocenters. The maximum absolute atomic E-state index is 13.5. The number of benzene rings is 1. The number of alkyl halides is 2. The lowest BCUT2D eigenvalue weighted by molar-refractivity contribution is -0.213. The van der Waals surface area contributed by atoms with Gasteiger partial charge >= 0.3 is 11.9 Å². The summed E-state index contributed by atoms with van der Waals surface area (Å²) in [7, 11) is 0. The van der Waals surface area contributed by atoms with Crippen molar-refractivity contribution in [1.29, 1.82) is 0 Å². The van der Waals surface area contributed by atoms with E-state index in [4.69, 9.17) is 5.11 Å². The van der Waals surface area contributed by atoms with Crippen LogP contribution in [0.25, 0.3) is 0 Å². The van der Waals surface area contributed by atoms with E-state index in [1.165, 1.54) is 31.2 Å². The van der Waals surface area contributed by atoms with Gasteiger partial charge in [0.2, 0.25) is 0 Å². The summed E-state index contributed by atoms with van der Waals surface area (Å²) in [5, 5.41) is 18.4. The van der Waals surface area contributed by atoms with Gasteiger partial charge in [0.25, 0.3) is 0 Å². The van der Waals surface area contributed by atoms with E-state index in [9.17, 15) is 18.7 Å². The average molecular weight is 309 g/mol. The molecule has 0 aromatic heterocycles. The minimum atomic E-state index is -4.24. The molecule has 0 bridgehead atoms. The summed E-state index contributed by atoms with van der Waals surface area (Å²) in [6, 6.07) is 5.47. The normalized spacial score (nSPS) is 15.4. The lowest BCUT2D eigenvalue weighted by Gasteiger charge is -2.32. The zero-order valence-electron chi connectivity index (χ0n) is 8.95. The molecule has 6 heteroatoms. The quantitative estimate of drug-likeness (QED) is 0.899. The summed E-state index contributed by atoms with van der Waals surface area (Å²) in [4.78, 5) is 10.5. The van der Waals surface area contributed by atoms with E-state index in [1.807, 2.05) is 0 Å². The molecule has 0 aliphatic carbocycles. The third-order valence-electron chi connectivity index (χ3n) is 2.62. The molecule has 0 radical (unpaired) electrons. The van der Waals surface area contributed by atoms with Gasteiger partial charge in [0, 0.05) is 4.47 Å². The smallest absolute Gasteiger partial charge is 0.378 e. The minimum Gasteiger partial charge on any atom is -0.477 e. The second kappa shape index (κ2) is 4.70. The molecule has 0 spiro atoms. The van der Waals surface area contributed by atoms with Crippen molar-refractivity contribution in [2.24, 2.45) is 0 Å². The average Bonchev–Trinajstić information content (AvgIpc) is 2.28. The van der Waals surface area contributed by atoms with Gasteiger partial charge in [0.15, 0.2) is 5.60 Å².